The zero-order chi connectivity index (χ0) is 21.5. The van der Waals surface area contributed by atoms with Crippen molar-refractivity contribution in [3.8, 4) is 6.07 Å². The molecule has 2 saturated heterocycles. The van der Waals surface area contributed by atoms with Crippen LogP contribution in [0.25, 0.3) is 0 Å². The third kappa shape index (κ3) is 3.87. The summed E-state index contributed by atoms with van der Waals surface area (Å²) < 4.78 is 4.30. The number of aryl methyl sites for hydroxylation is 2. The topological polar surface area (TPSA) is 84.2 Å². The van der Waals surface area contributed by atoms with Gasteiger partial charge in [-0.1, -0.05) is 0 Å². The van der Waals surface area contributed by atoms with Crippen molar-refractivity contribution in [3.63, 3.8) is 0 Å². The molecule has 0 aliphatic carbocycles. The highest BCUT2D eigenvalue weighted by Gasteiger charge is 2.50. The summed E-state index contributed by atoms with van der Waals surface area (Å²) in [7, 11) is 2.19. The second kappa shape index (κ2) is 8.10. The summed E-state index contributed by atoms with van der Waals surface area (Å²) in [6, 6.07) is 5.41. The quantitative estimate of drug-likeness (QED) is 0.781. The minimum atomic E-state index is -0.0989. The maximum atomic E-state index is 9.56. The van der Waals surface area contributed by atoms with Crippen molar-refractivity contribution >= 4 is 28.3 Å². The lowest BCUT2D eigenvalue weighted by atomic mass is 9.82. The van der Waals surface area contributed by atoms with Gasteiger partial charge in [-0.25, -0.2) is 4.98 Å². The van der Waals surface area contributed by atoms with E-state index in [1.165, 1.54) is 11.5 Å². The Morgan fingerprint density at radius 2 is 1.97 bits per heavy atom. The lowest BCUT2D eigenvalue weighted by molar-refractivity contribution is -0.0247. The normalized spacial score (nSPS) is 24.3. The van der Waals surface area contributed by atoms with Gasteiger partial charge < -0.3 is 10.2 Å². The monoisotopic (exact) mass is 426 g/mol. The van der Waals surface area contributed by atoms with E-state index in [1.807, 2.05) is 26.1 Å². The molecule has 160 valence electrons. The van der Waals surface area contributed by atoms with E-state index < -0.39 is 0 Å². The van der Waals surface area contributed by atoms with Crippen LogP contribution in [0.3, 0.4) is 0 Å². The summed E-state index contributed by atoms with van der Waals surface area (Å²) in [6.45, 7) is 12.2. The number of likely N-dealkylation sites (N-methyl/N-ethyl adjacent to an activating group) is 1. The van der Waals surface area contributed by atoms with Gasteiger partial charge in [0, 0.05) is 50.0 Å². The first-order valence-corrected chi connectivity index (χ1v) is 11.2. The molecule has 30 heavy (non-hydrogen) atoms. The molecule has 8 nitrogen and oxygen atoms in total. The Kier molecular flexibility index (Phi) is 5.66. The fourth-order valence-corrected chi connectivity index (χ4v) is 5.18. The third-order valence-electron chi connectivity index (χ3n) is 6.52. The zero-order valence-electron chi connectivity index (χ0n) is 18.4. The Balaban J connectivity index is 1.51. The van der Waals surface area contributed by atoms with Gasteiger partial charge in [-0.3, -0.25) is 9.80 Å². The summed E-state index contributed by atoms with van der Waals surface area (Å²) in [4.78, 5) is 16.5. The molecule has 2 aromatic heterocycles. The molecule has 2 aromatic rings. The molecule has 0 amide bonds. The van der Waals surface area contributed by atoms with E-state index in [4.69, 9.17) is 4.98 Å². The number of aromatic nitrogens is 3. The second-order valence-electron chi connectivity index (χ2n) is 8.84. The van der Waals surface area contributed by atoms with Crippen LogP contribution in [-0.4, -0.2) is 75.0 Å². The number of rotatable bonds is 5. The van der Waals surface area contributed by atoms with Crippen molar-refractivity contribution in [2.75, 3.05) is 43.4 Å². The van der Waals surface area contributed by atoms with E-state index in [2.05, 4.69) is 56.3 Å². The predicted octanol–water partition coefficient (Wildman–Crippen LogP) is 2.79. The first-order valence-electron chi connectivity index (χ1n) is 10.4. The first-order chi connectivity index (χ1) is 14.3. The Bertz CT molecular complexity index is 933. The van der Waals surface area contributed by atoms with E-state index >= 15 is 0 Å². The highest BCUT2D eigenvalue weighted by Crippen LogP contribution is 2.37. The van der Waals surface area contributed by atoms with Gasteiger partial charge in [-0.2, -0.15) is 14.6 Å². The largest absolute Gasteiger partial charge is 0.352 e. The Hall–Kier alpha value is -2.28. The van der Waals surface area contributed by atoms with Crippen LogP contribution in [0.15, 0.2) is 12.3 Å². The molecule has 0 radical (unpaired) electrons. The highest BCUT2D eigenvalue weighted by molar-refractivity contribution is 7.10. The van der Waals surface area contributed by atoms with Crippen molar-refractivity contribution in [2.45, 2.75) is 51.7 Å². The van der Waals surface area contributed by atoms with Gasteiger partial charge in [-0.05, 0) is 52.3 Å². The van der Waals surface area contributed by atoms with Gasteiger partial charge in [0.25, 0.3) is 0 Å². The SMILES string of the molecule is Cc1cc(Nc2ncc(C)c(N3CC(CC#N)(N4C[C@@H](C)N(C)[C@@H](C)C4)C3)n2)sn1. The molecule has 4 heterocycles. The number of nitriles is 1. The molecule has 0 spiro atoms. The Morgan fingerprint density at radius 3 is 2.57 bits per heavy atom. The van der Waals surface area contributed by atoms with Gasteiger partial charge in [0.1, 0.15) is 10.8 Å². The van der Waals surface area contributed by atoms with Crippen molar-refractivity contribution in [2.24, 2.45) is 0 Å². The first kappa shape index (κ1) is 21.0. The fraction of sp³-hybridized carbons (Fsp3) is 0.619. The van der Waals surface area contributed by atoms with Crippen LogP contribution in [0.4, 0.5) is 16.8 Å². The molecule has 2 atom stereocenters. The molecular formula is C21H30N8S. The number of nitrogens with one attached hydrogen (secondary N) is 1. The van der Waals surface area contributed by atoms with Gasteiger partial charge in [0.2, 0.25) is 5.95 Å². The summed E-state index contributed by atoms with van der Waals surface area (Å²) >= 11 is 1.41. The minimum Gasteiger partial charge on any atom is -0.352 e. The minimum absolute atomic E-state index is 0.0989. The molecular weight excluding hydrogens is 396 g/mol. The van der Waals surface area contributed by atoms with Crippen molar-refractivity contribution in [1.29, 1.82) is 5.26 Å². The smallest absolute Gasteiger partial charge is 0.229 e. The van der Waals surface area contributed by atoms with Crippen LogP contribution in [0.2, 0.25) is 0 Å². The number of anilines is 3. The second-order valence-corrected chi connectivity index (χ2v) is 9.65. The van der Waals surface area contributed by atoms with E-state index in [1.54, 1.807) is 0 Å². The van der Waals surface area contributed by atoms with Crippen molar-refractivity contribution < 1.29 is 0 Å². The van der Waals surface area contributed by atoms with Gasteiger partial charge >= 0.3 is 0 Å². The van der Waals surface area contributed by atoms with Crippen molar-refractivity contribution in [1.82, 2.24) is 24.1 Å². The average molecular weight is 427 g/mol. The molecule has 9 heteroatoms. The summed E-state index contributed by atoms with van der Waals surface area (Å²) in [5, 5.41) is 13.8. The zero-order valence-corrected chi connectivity index (χ0v) is 19.2. The van der Waals surface area contributed by atoms with E-state index in [9.17, 15) is 5.26 Å². The van der Waals surface area contributed by atoms with Crippen LogP contribution in [0.5, 0.6) is 0 Å². The van der Waals surface area contributed by atoms with Crippen molar-refractivity contribution in [3.05, 3.63) is 23.5 Å². The third-order valence-corrected chi connectivity index (χ3v) is 7.31. The number of hydrogen-bond acceptors (Lipinski definition) is 9. The number of hydrogen-bond donors (Lipinski definition) is 1. The molecule has 0 aromatic carbocycles. The van der Waals surface area contributed by atoms with E-state index in [0.717, 1.165) is 48.3 Å². The maximum Gasteiger partial charge on any atom is 0.229 e. The van der Waals surface area contributed by atoms with Crippen LogP contribution in [0.1, 0.15) is 31.5 Å². The number of nitrogens with zero attached hydrogens (tertiary/aromatic N) is 7. The average Bonchev–Trinajstić information content (AvgIpc) is 3.08. The highest BCUT2D eigenvalue weighted by atomic mass is 32.1. The standard InChI is InChI=1S/C21H30N8S/c1-14-9-23-20(24-18-8-15(2)26-30-18)25-19(14)28-12-21(13-28,6-7-22)29-10-16(3)27(5)17(4)11-29/h8-9,16-17H,6,10-13H2,1-5H3,(H,23,24,25)/t16-,17+. The van der Waals surface area contributed by atoms with E-state index in [-0.39, 0.29) is 5.54 Å². The maximum absolute atomic E-state index is 9.56. The molecule has 0 bridgehead atoms. The molecule has 2 fully saturated rings. The van der Waals surface area contributed by atoms with Crippen LogP contribution >= 0.6 is 11.5 Å². The number of piperazine rings is 1. The lowest BCUT2D eigenvalue weighted by Gasteiger charge is -2.59. The molecule has 1 N–H and O–H groups in total. The lowest BCUT2D eigenvalue weighted by Crippen LogP contribution is -2.74. The van der Waals surface area contributed by atoms with Gasteiger partial charge in [-0.15, -0.1) is 0 Å². The summed E-state index contributed by atoms with van der Waals surface area (Å²) in [6.07, 6.45) is 2.41. The summed E-state index contributed by atoms with van der Waals surface area (Å²) in [5.74, 6) is 1.52. The summed E-state index contributed by atoms with van der Waals surface area (Å²) in [5.41, 5.74) is 1.93. The predicted molar refractivity (Wildman–Crippen MR) is 120 cm³/mol. The van der Waals surface area contributed by atoms with Crippen LogP contribution in [0, 0.1) is 25.2 Å². The fourth-order valence-electron chi connectivity index (χ4n) is 4.52. The van der Waals surface area contributed by atoms with Gasteiger partial charge in [0.05, 0.1) is 23.7 Å². The van der Waals surface area contributed by atoms with Crippen LogP contribution in [-0.2, 0) is 0 Å². The molecule has 4 rings (SSSR count). The molecule has 0 saturated carbocycles. The molecule has 2 aliphatic heterocycles. The van der Waals surface area contributed by atoms with Gasteiger partial charge in [0.15, 0.2) is 0 Å². The Morgan fingerprint density at radius 1 is 1.27 bits per heavy atom. The van der Waals surface area contributed by atoms with E-state index in [0.29, 0.717) is 24.5 Å². The molecule has 0 unspecified atom stereocenters. The molecule has 2 aliphatic rings. The Labute approximate surface area is 182 Å². The van der Waals surface area contributed by atoms with Crippen LogP contribution < -0.4 is 10.2 Å².